The van der Waals surface area contributed by atoms with Crippen molar-refractivity contribution in [2.24, 2.45) is 5.92 Å². The minimum absolute atomic E-state index is 0.0601. The third-order valence-corrected chi connectivity index (χ3v) is 6.83. The van der Waals surface area contributed by atoms with Crippen LogP contribution in [0.15, 0.2) is 0 Å². The molecule has 0 saturated carbocycles. The highest BCUT2D eigenvalue weighted by Gasteiger charge is 2.16. The number of rotatable bonds is 27. The van der Waals surface area contributed by atoms with Gasteiger partial charge < -0.3 is 14.6 Å². The van der Waals surface area contributed by atoms with Crippen molar-refractivity contribution in [3.63, 3.8) is 0 Å². The van der Waals surface area contributed by atoms with Gasteiger partial charge in [0.2, 0.25) is 0 Å². The van der Waals surface area contributed by atoms with Gasteiger partial charge in [0.15, 0.2) is 6.10 Å². The fraction of sp³-hybridized carbons (Fsp3) is 0.935. The molecule has 214 valence electrons. The Kier molecular flexibility index (Phi) is 26.1. The zero-order valence-corrected chi connectivity index (χ0v) is 24.2. The second kappa shape index (κ2) is 26.9. The predicted octanol–water partition coefficient (Wildman–Crippen LogP) is 8.69. The number of ether oxygens (including phenoxy) is 2. The summed E-state index contributed by atoms with van der Waals surface area (Å²) in [5, 5.41) is 9.45. The van der Waals surface area contributed by atoms with E-state index in [1.54, 1.807) is 0 Å². The molecular formula is C31H60O5. The number of carbonyl (C=O) groups excluding carboxylic acids is 2. The molecule has 0 aromatic rings. The van der Waals surface area contributed by atoms with Crippen LogP contribution in [0.4, 0.5) is 0 Å². The van der Waals surface area contributed by atoms with E-state index in [2.05, 4.69) is 20.8 Å². The molecule has 0 aromatic heterocycles. The van der Waals surface area contributed by atoms with Gasteiger partial charge in [0.25, 0.3) is 0 Å². The number of esters is 2. The molecule has 0 bridgehead atoms. The van der Waals surface area contributed by atoms with Crippen molar-refractivity contribution < 1.29 is 24.2 Å². The highest BCUT2D eigenvalue weighted by atomic mass is 16.6. The molecule has 0 amide bonds. The average molecular weight is 513 g/mol. The van der Waals surface area contributed by atoms with Crippen LogP contribution in [-0.4, -0.2) is 36.4 Å². The second-order valence-corrected chi connectivity index (χ2v) is 11.0. The maximum Gasteiger partial charge on any atom is 0.306 e. The van der Waals surface area contributed by atoms with Gasteiger partial charge in [-0.2, -0.15) is 0 Å². The summed E-state index contributed by atoms with van der Waals surface area (Å²) < 4.78 is 10.5. The lowest BCUT2D eigenvalue weighted by atomic mass is 10.0. The lowest BCUT2D eigenvalue weighted by Crippen LogP contribution is -2.28. The molecular weight excluding hydrogens is 452 g/mol. The summed E-state index contributed by atoms with van der Waals surface area (Å²) in [6.45, 7) is 6.39. The maximum atomic E-state index is 12.0. The third kappa shape index (κ3) is 26.0. The van der Waals surface area contributed by atoms with Crippen molar-refractivity contribution in [2.45, 2.75) is 168 Å². The summed E-state index contributed by atoms with van der Waals surface area (Å²) in [4.78, 5) is 24.0. The molecule has 0 aliphatic rings. The lowest BCUT2D eigenvalue weighted by molar-refractivity contribution is -0.161. The van der Waals surface area contributed by atoms with Crippen LogP contribution in [0, 0.1) is 5.92 Å². The van der Waals surface area contributed by atoms with Gasteiger partial charge in [-0.25, -0.2) is 0 Å². The standard InChI is InChI=1S/C31H60O5/c1-4-5-6-7-8-9-10-11-12-13-14-18-21-24-30(33)35-27-29(26-32)36-31(34)25-22-19-16-15-17-20-23-28(2)3/h28-29,32H,4-27H2,1-3H3/t29-/m0/s1. The molecule has 0 fully saturated rings. The van der Waals surface area contributed by atoms with Gasteiger partial charge in [-0.05, 0) is 18.8 Å². The Balaban J connectivity index is 3.56. The van der Waals surface area contributed by atoms with Crippen molar-refractivity contribution in [1.82, 2.24) is 0 Å². The first-order chi connectivity index (χ1) is 17.5. The Labute approximate surface area is 223 Å². The van der Waals surface area contributed by atoms with Crippen LogP contribution in [0.3, 0.4) is 0 Å². The van der Waals surface area contributed by atoms with Crippen LogP contribution in [0.1, 0.15) is 162 Å². The minimum Gasteiger partial charge on any atom is -0.462 e. The van der Waals surface area contributed by atoms with E-state index in [1.165, 1.54) is 96.3 Å². The number of hydrogen-bond acceptors (Lipinski definition) is 5. The first kappa shape index (κ1) is 34.9. The Morgan fingerprint density at radius 1 is 0.611 bits per heavy atom. The van der Waals surface area contributed by atoms with Crippen LogP contribution in [0.5, 0.6) is 0 Å². The summed E-state index contributed by atoms with van der Waals surface area (Å²) in [5.74, 6) is 0.184. The van der Waals surface area contributed by atoms with Gasteiger partial charge in [-0.3, -0.25) is 9.59 Å². The number of aliphatic hydroxyl groups is 1. The van der Waals surface area contributed by atoms with Crippen molar-refractivity contribution in [3.8, 4) is 0 Å². The summed E-state index contributed by atoms with van der Waals surface area (Å²) in [7, 11) is 0. The molecule has 0 rings (SSSR count). The first-order valence-electron chi connectivity index (χ1n) is 15.5. The number of carbonyl (C=O) groups is 2. The molecule has 36 heavy (non-hydrogen) atoms. The lowest BCUT2D eigenvalue weighted by Gasteiger charge is -2.15. The Hall–Kier alpha value is -1.10. The van der Waals surface area contributed by atoms with Gasteiger partial charge in [0, 0.05) is 12.8 Å². The van der Waals surface area contributed by atoms with Gasteiger partial charge in [-0.1, -0.05) is 136 Å². The van der Waals surface area contributed by atoms with Gasteiger partial charge in [0.05, 0.1) is 6.61 Å². The zero-order chi connectivity index (χ0) is 26.7. The molecule has 0 spiro atoms. The number of hydrogen-bond donors (Lipinski definition) is 1. The summed E-state index contributed by atoms with van der Waals surface area (Å²) in [5.41, 5.74) is 0. The van der Waals surface area contributed by atoms with E-state index in [0.717, 1.165) is 38.0 Å². The van der Waals surface area contributed by atoms with E-state index in [9.17, 15) is 14.7 Å². The van der Waals surface area contributed by atoms with E-state index in [4.69, 9.17) is 9.47 Å². The van der Waals surface area contributed by atoms with Crippen LogP contribution in [-0.2, 0) is 19.1 Å². The Morgan fingerprint density at radius 3 is 1.47 bits per heavy atom. The van der Waals surface area contributed by atoms with Crippen molar-refractivity contribution in [3.05, 3.63) is 0 Å². The predicted molar refractivity (Wildman–Crippen MR) is 150 cm³/mol. The topological polar surface area (TPSA) is 72.8 Å². The number of unbranched alkanes of at least 4 members (excludes halogenated alkanes) is 17. The number of aliphatic hydroxyl groups excluding tert-OH is 1. The summed E-state index contributed by atoms with van der Waals surface area (Å²) in [6, 6.07) is 0. The molecule has 1 N–H and O–H groups in total. The maximum absolute atomic E-state index is 12.0. The monoisotopic (exact) mass is 512 g/mol. The molecule has 0 heterocycles. The van der Waals surface area contributed by atoms with E-state index in [1.807, 2.05) is 0 Å². The first-order valence-corrected chi connectivity index (χ1v) is 15.5. The molecule has 0 aliphatic heterocycles. The van der Waals surface area contributed by atoms with Crippen molar-refractivity contribution >= 4 is 11.9 Å². The molecule has 0 aliphatic carbocycles. The zero-order valence-electron chi connectivity index (χ0n) is 24.2. The van der Waals surface area contributed by atoms with Crippen LogP contribution in [0.25, 0.3) is 0 Å². The molecule has 0 aromatic carbocycles. The molecule has 5 heteroatoms. The molecule has 0 radical (unpaired) electrons. The van der Waals surface area contributed by atoms with E-state index >= 15 is 0 Å². The third-order valence-electron chi connectivity index (χ3n) is 6.83. The Bertz CT molecular complexity index is 491. The van der Waals surface area contributed by atoms with Gasteiger partial charge >= 0.3 is 11.9 Å². The fourth-order valence-corrected chi connectivity index (χ4v) is 4.44. The molecule has 1 atom stereocenters. The van der Waals surface area contributed by atoms with Crippen LogP contribution < -0.4 is 0 Å². The average Bonchev–Trinajstić information content (AvgIpc) is 2.85. The molecule has 0 unspecified atom stereocenters. The highest BCUT2D eigenvalue weighted by molar-refractivity contribution is 5.70. The van der Waals surface area contributed by atoms with E-state index in [-0.39, 0.29) is 25.2 Å². The second-order valence-electron chi connectivity index (χ2n) is 11.0. The Morgan fingerprint density at radius 2 is 1.03 bits per heavy atom. The summed E-state index contributed by atoms with van der Waals surface area (Å²) >= 11 is 0. The smallest absolute Gasteiger partial charge is 0.306 e. The fourth-order valence-electron chi connectivity index (χ4n) is 4.44. The normalized spacial score (nSPS) is 12.1. The van der Waals surface area contributed by atoms with Gasteiger partial charge in [0.1, 0.15) is 6.61 Å². The van der Waals surface area contributed by atoms with E-state index < -0.39 is 6.10 Å². The van der Waals surface area contributed by atoms with Gasteiger partial charge in [-0.15, -0.1) is 0 Å². The molecule has 5 nitrogen and oxygen atoms in total. The van der Waals surface area contributed by atoms with Crippen molar-refractivity contribution in [2.75, 3.05) is 13.2 Å². The van der Waals surface area contributed by atoms with E-state index in [0.29, 0.717) is 12.8 Å². The van der Waals surface area contributed by atoms with Crippen LogP contribution >= 0.6 is 0 Å². The minimum atomic E-state index is -0.760. The highest BCUT2D eigenvalue weighted by Crippen LogP contribution is 2.14. The van der Waals surface area contributed by atoms with Crippen molar-refractivity contribution in [1.29, 1.82) is 0 Å². The molecule has 0 saturated heterocycles. The summed E-state index contributed by atoms with van der Waals surface area (Å²) in [6.07, 6.45) is 24.5. The largest absolute Gasteiger partial charge is 0.462 e. The van der Waals surface area contributed by atoms with Crippen LogP contribution in [0.2, 0.25) is 0 Å². The SMILES string of the molecule is CCCCCCCCCCCCCCCC(=O)OC[C@H](CO)OC(=O)CCCCCCCCC(C)C. The quantitative estimate of drug-likeness (QED) is 0.0880.